The van der Waals surface area contributed by atoms with Gasteiger partial charge in [-0.3, -0.25) is 9.36 Å². The molecule has 0 aliphatic heterocycles. The number of carbonyl (C=O) groups is 1. The lowest BCUT2D eigenvalue weighted by atomic mass is 10.0. The Bertz CT molecular complexity index is 714. The molecule has 1 aromatic carbocycles. The first-order valence-corrected chi connectivity index (χ1v) is 5.91. The van der Waals surface area contributed by atoms with Crippen LogP contribution in [0.3, 0.4) is 0 Å². The molecule has 0 saturated heterocycles. The Labute approximate surface area is 109 Å². The largest absolute Gasteiger partial charge is 0.478 e. The first-order valence-electron chi connectivity index (χ1n) is 5.91. The molecule has 0 amide bonds. The van der Waals surface area contributed by atoms with Gasteiger partial charge in [0.05, 0.1) is 10.9 Å². The Morgan fingerprint density at radius 1 is 1.42 bits per heavy atom. The van der Waals surface area contributed by atoms with E-state index in [-0.39, 0.29) is 5.56 Å². The highest BCUT2D eigenvalue weighted by Gasteiger charge is 2.06. The quantitative estimate of drug-likeness (QED) is 0.855. The van der Waals surface area contributed by atoms with Crippen molar-refractivity contribution in [2.45, 2.75) is 19.8 Å². The topological polar surface area (TPSA) is 72.2 Å². The maximum atomic E-state index is 12.2. The van der Waals surface area contributed by atoms with E-state index in [4.69, 9.17) is 5.11 Å². The standard InChI is InChI=1S/C14H14N2O3/c1-9(2)10-3-4-12-11(7-10)14(19)16(8-15-12)6-5-13(17)18/h3-9H,1-2H3,(H,17,18)/b6-5-. The van der Waals surface area contributed by atoms with Gasteiger partial charge in [-0.2, -0.15) is 0 Å². The van der Waals surface area contributed by atoms with Gasteiger partial charge in [-0.05, 0) is 23.6 Å². The normalized spacial score (nSPS) is 11.5. The van der Waals surface area contributed by atoms with E-state index >= 15 is 0 Å². The fourth-order valence-electron chi connectivity index (χ4n) is 1.76. The number of aliphatic carboxylic acids is 1. The first-order chi connectivity index (χ1) is 8.99. The van der Waals surface area contributed by atoms with Crippen LogP contribution < -0.4 is 5.56 Å². The molecule has 0 saturated carbocycles. The molecule has 0 radical (unpaired) electrons. The Morgan fingerprint density at radius 2 is 2.16 bits per heavy atom. The molecule has 2 aromatic rings. The van der Waals surface area contributed by atoms with Gasteiger partial charge in [0.2, 0.25) is 0 Å². The van der Waals surface area contributed by atoms with Crippen molar-refractivity contribution in [3.63, 3.8) is 0 Å². The zero-order chi connectivity index (χ0) is 14.0. The maximum Gasteiger partial charge on any atom is 0.329 e. The summed E-state index contributed by atoms with van der Waals surface area (Å²) in [6, 6.07) is 5.55. The van der Waals surface area contributed by atoms with Gasteiger partial charge in [-0.1, -0.05) is 19.9 Å². The molecule has 0 atom stereocenters. The highest BCUT2D eigenvalue weighted by Crippen LogP contribution is 2.17. The van der Waals surface area contributed by atoms with E-state index < -0.39 is 5.97 Å². The van der Waals surface area contributed by atoms with Gasteiger partial charge >= 0.3 is 5.97 Å². The van der Waals surface area contributed by atoms with Crippen molar-refractivity contribution in [1.29, 1.82) is 0 Å². The van der Waals surface area contributed by atoms with Crippen LogP contribution in [0.25, 0.3) is 17.1 Å². The number of nitrogens with zero attached hydrogens (tertiary/aromatic N) is 2. The van der Waals surface area contributed by atoms with Crippen LogP contribution in [0.4, 0.5) is 0 Å². The Balaban J connectivity index is 2.62. The van der Waals surface area contributed by atoms with Crippen LogP contribution in [0, 0.1) is 0 Å². The summed E-state index contributed by atoms with van der Waals surface area (Å²) in [5.41, 5.74) is 1.38. The number of carboxylic acid groups (broad SMARTS) is 1. The van der Waals surface area contributed by atoms with Gasteiger partial charge in [-0.25, -0.2) is 9.78 Å². The molecule has 0 fully saturated rings. The van der Waals surface area contributed by atoms with Gasteiger partial charge < -0.3 is 5.11 Å². The fourth-order valence-corrected chi connectivity index (χ4v) is 1.76. The van der Waals surface area contributed by atoms with Crippen molar-refractivity contribution < 1.29 is 9.90 Å². The summed E-state index contributed by atoms with van der Waals surface area (Å²) in [6.07, 6.45) is 3.42. The third kappa shape index (κ3) is 2.70. The van der Waals surface area contributed by atoms with Gasteiger partial charge in [0.25, 0.3) is 5.56 Å². The van der Waals surface area contributed by atoms with Crippen LogP contribution in [-0.2, 0) is 4.79 Å². The average molecular weight is 258 g/mol. The van der Waals surface area contributed by atoms with Crippen molar-refractivity contribution in [2.75, 3.05) is 0 Å². The molecule has 0 unspecified atom stereocenters. The Hall–Kier alpha value is -2.43. The van der Waals surface area contributed by atoms with Gasteiger partial charge in [-0.15, -0.1) is 0 Å². The molecule has 0 aliphatic carbocycles. The van der Waals surface area contributed by atoms with Crippen LogP contribution in [-0.4, -0.2) is 20.6 Å². The van der Waals surface area contributed by atoms with Crippen LogP contribution in [0.15, 0.2) is 35.4 Å². The summed E-state index contributed by atoms with van der Waals surface area (Å²) in [5.74, 6) is -0.796. The second kappa shape index (κ2) is 5.06. The lowest BCUT2D eigenvalue weighted by Gasteiger charge is -2.07. The smallest absolute Gasteiger partial charge is 0.329 e. The van der Waals surface area contributed by atoms with E-state index in [1.165, 1.54) is 17.1 Å². The molecule has 0 spiro atoms. The maximum absolute atomic E-state index is 12.2. The van der Waals surface area contributed by atoms with Crippen molar-refractivity contribution in [3.8, 4) is 0 Å². The average Bonchev–Trinajstić information content (AvgIpc) is 2.37. The highest BCUT2D eigenvalue weighted by atomic mass is 16.4. The van der Waals surface area contributed by atoms with Gasteiger partial charge in [0.1, 0.15) is 6.33 Å². The van der Waals surface area contributed by atoms with Crippen LogP contribution in [0.2, 0.25) is 0 Å². The third-order valence-electron chi connectivity index (χ3n) is 2.85. The minimum Gasteiger partial charge on any atom is -0.478 e. The molecule has 1 N–H and O–H groups in total. The van der Waals surface area contributed by atoms with Crippen LogP contribution >= 0.6 is 0 Å². The van der Waals surface area contributed by atoms with Crippen molar-refractivity contribution in [2.24, 2.45) is 0 Å². The lowest BCUT2D eigenvalue weighted by molar-refractivity contribution is -0.131. The number of hydrogen-bond donors (Lipinski definition) is 1. The zero-order valence-corrected chi connectivity index (χ0v) is 10.7. The highest BCUT2D eigenvalue weighted by molar-refractivity contribution is 5.83. The first kappa shape index (κ1) is 13.0. The summed E-state index contributed by atoms with van der Waals surface area (Å²) < 4.78 is 1.17. The fraction of sp³-hybridized carbons (Fsp3) is 0.214. The Morgan fingerprint density at radius 3 is 2.79 bits per heavy atom. The molecule has 5 nitrogen and oxygen atoms in total. The summed E-state index contributed by atoms with van der Waals surface area (Å²) >= 11 is 0. The van der Waals surface area contributed by atoms with E-state index in [2.05, 4.69) is 4.98 Å². The lowest BCUT2D eigenvalue weighted by Crippen LogP contribution is -2.16. The molecular formula is C14H14N2O3. The number of carboxylic acids is 1. The second-order valence-electron chi connectivity index (χ2n) is 4.54. The molecule has 1 aromatic heterocycles. The number of benzene rings is 1. The van der Waals surface area contributed by atoms with E-state index in [1.54, 1.807) is 12.1 Å². The molecule has 1 heterocycles. The van der Waals surface area contributed by atoms with E-state index in [9.17, 15) is 9.59 Å². The zero-order valence-electron chi connectivity index (χ0n) is 10.7. The third-order valence-corrected chi connectivity index (χ3v) is 2.85. The van der Waals surface area contributed by atoms with Crippen LogP contribution in [0.1, 0.15) is 25.3 Å². The minimum absolute atomic E-state index is 0.273. The van der Waals surface area contributed by atoms with Crippen molar-refractivity contribution >= 4 is 23.1 Å². The van der Waals surface area contributed by atoms with Gasteiger partial charge in [0, 0.05) is 12.3 Å². The predicted octanol–water partition coefficient (Wildman–Crippen LogP) is 2.08. The molecule has 0 bridgehead atoms. The molecule has 98 valence electrons. The number of hydrogen-bond acceptors (Lipinski definition) is 3. The van der Waals surface area contributed by atoms with Crippen molar-refractivity contribution in [1.82, 2.24) is 9.55 Å². The number of aromatic nitrogens is 2. The van der Waals surface area contributed by atoms with E-state index in [0.29, 0.717) is 16.8 Å². The van der Waals surface area contributed by atoms with Crippen molar-refractivity contribution in [3.05, 3.63) is 46.5 Å². The summed E-state index contributed by atoms with van der Waals surface area (Å²) in [7, 11) is 0. The predicted molar refractivity (Wildman–Crippen MR) is 73.1 cm³/mol. The SMILES string of the molecule is CC(C)c1ccc2ncn(/C=C\C(=O)O)c(=O)c2c1. The molecule has 5 heteroatoms. The summed E-state index contributed by atoms with van der Waals surface area (Å²) in [6.45, 7) is 4.08. The van der Waals surface area contributed by atoms with Gasteiger partial charge in [0.15, 0.2) is 0 Å². The second-order valence-corrected chi connectivity index (χ2v) is 4.54. The minimum atomic E-state index is -1.11. The molecule has 2 rings (SSSR count). The number of rotatable bonds is 3. The Kier molecular flexibility index (Phi) is 3.46. The van der Waals surface area contributed by atoms with E-state index in [1.807, 2.05) is 19.9 Å². The summed E-state index contributed by atoms with van der Waals surface area (Å²) in [5, 5.41) is 9.06. The number of fused-ring (bicyclic) bond motifs is 1. The van der Waals surface area contributed by atoms with Crippen LogP contribution in [0.5, 0.6) is 0 Å². The molecule has 19 heavy (non-hydrogen) atoms. The molecule has 0 aliphatic rings. The monoisotopic (exact) mass is 258 g/mol. The van der Waals surface area contributed by atoms with E-state index in [0.717, 1.165) is 11.6 Å². The molecular weight excluding hydrogens is 244 g/mol. The summed E-state index contributed by atoms with van der Waals surface area (Å²) in [4.78, 5) is 26.8.